The minimum atomic E-state index is -0.825. The number of rotatable bonds is 4. The summed E-state index contributed by atoms with van der Waals surface area (Å²) in [6.07, 6.45) is 5.03. The van der Waals surface area contributed by atoms with Gasteiger partial charge in [0.2, 0.25) is 0 Å². The van der Waals surface area contributed by atoms with E-state index in [0.29, 0.717) is 12.5 Å². The molecule has 20 heavy (non-hydrogen) atoms. The molecule has 1 heterocycles. The zero-order valence-corrected chi connectivity index (χ0v) is 12.9. The van der Waals surface area contributed by atoms with Crippen molar-refractivity contribution in [3.8, 4) is 0 Å². The van der Waals surface area contributed by atoms with E-state index in [1.165, 1.54) is 25.7 Å². The Balaban J connectivity index is 1.91. The fraction of sp³-hybridized carbons (Fsp3) is 0.857. The first-order chi connectivity index (χ1) is 9.58. The highest BCUT2D eigenvalue weighted by Gasteiger charge is 2.31. The molecule has 1 atom stereocenters. The van der Waals surface area contributed by atoms with E-state index in [1.807, 2.05) is 7.05 Å². The van der Waals surface area contributed by atoms with E-state index in [9.17, 15) is 9.59 Å². The number of amides is 2. The third-order valence-corrected chi connectivity index (χ3v) is 5.31. The Kier molecular flexibility index (Phi) is 5.57. The minimum absolute atomic E-state index is 0.00319. The molecule has 1 aliphatic heterocycles. The van der Waals surface area contributed by atoms with Crippen LogP contribution in [0.4, 0.5) is 4.79 Å². The summed E-state index contributed by atoms with van der Waals surface area (Å²) in [7, 11) is 1.85. The van der Waals surface area contributed by atoms with Gasteiger partial charge in [-0.1, -0.05) is 12.8 Å². The van der Waals surface area contributed by atoms with Gasteiger partial charge >= 0.3 is 12.0 Å². The maximum atomic E-state index is 12.5. The van der Waals surface area contributed by atoms with Gasteiger partial charge in [0.25, 0.3) is 0 Å². The normalized spacial score (nSPS) is 23.9. The fourth-order valence-electron chi connectivity index (χ4n) is 3.15. The highest BCUT2D eigenvalue weighted by Crippen LogP contribution is 2.26. The molecule has 0 spiro atoms. The van der Waals surface area contributed by atoms with Gasteiger partial charge in [0.1, 0.15) is 0 Å². The predicted molar refractivity (Wildman–Crippen MR) is 80.1 cm³/mol. The SMILES string of the molecule is CN(CC1CCCC1)C(=O)N1CCSCC1CC(=O)O. The molecule has 5 nitrogen and oxygen atoms in total. The van der Waals surface area contributed by atoms with E-state index < -0.39 is 5.97 Å². The first-order valence-electron chi connectivity index (χ1n) is 7.39. The van der Waals surface area contributed by atoms with Gasteiger partial charge in [-0.2, -0.15) is 11.8 Å². The van der Waals surface area contributed by atoms with Crippen LogP contribution in [-0.2, 0) is 4.79 Å². The lowest BCUT2D eigenvalue weighted by molar-refractivity contribution is -0.138. The number of carboxylic acids is 1. The van der Waals surface area contributed by atoms with Gasteiger partial charge < -0.3 is 14.9 Å². The molecule has 1 unspecified atom stereocenters. The van der Waals surface area contributed by atoms with E-state index >= 15 is 0 Å². The number of carbonyl (C=O) groups excluding carboxylic acids is 1. The molecule has 2 fully saturated rings. The van der Waals surface area contributed by atoms with E-state index in [2.05, 4.69) is 0 Å². The second-order valence-electron chi connectivity index (χ2n) is 5.83. The summed E-state index contributed by atoms with van der Waals surface area (Å²) in [6, 6.07) is -0.159. The van der Waals surface area contributed by atoms with Crippen molar-refractivity contribution in [1.82, 2.24) is 9.80 Å². The largest absolute Gasteiger partial charge is 0.481 e. The van der Waals surface area contributed by atoms with Crippen LogP contribution in [0.3, 0.4) is 0 Å². The fourth-order valence-corrected chi connectivity index (χ4v) is 4.22. The molecule has 0 aromatic heterocycles. The number of hydrogen-bond donors (Lipinski definition) is 1. The summed E-state index contributed by atoms with van der Waals surface area (Å²) in [6.45, 7) is 1.47. The second kappa shape index (κ2) is 7.20. The van der Waals surface area contributed by atoms with Crippen LogP contribution in [0.5, 0.6) is 0 Å². The molecule has 1 saturated heterocycles. The van der Waals surface area contributed by atoms with Crippen molar-refractivity contribution >= 4 is 23.8 Å². The molecule has 2 amide bonds. The first kappa shape index (κ1) is 15.5. The van der Waals surface area contributed by atoms with Gasteiger partial charge in [0, 0.05) is 31.6 Å². The van der Waals surface area contributed by atoms with Gasteiger partial charge in [0.05, 0.1) is 12.5 Å². The number of hydrogen-bond acceptors (Lipinski definition) is 3. The van der Waals surface area contributed by atoms with E-state index in [-0.39, 0.29) is 18.5 Å². The molecule has 0 radical (unpaired) electrons. The molecule has 0 aromatic carbocycles. The third-order valence-electron chi connectivity index (χ3n) is 4.22. The molecule has 0 aromatic rings. The van der Waals surface area contributed by atoms with Crippen LogP contribution in [0, 0.1) is 5.92 Å². The van der Waals surface area contributed by atoms with E-state index in [4.69, 9.17) is 5.11 Å². The molecule has 1 saturated carbocycles. The van der Waals surface area contributed by atoms with Crippen molar-refractivity contribution in [3.63, 3.8) is 0 Å². The van der Waals surface area contributed by atoms with Gasteiger partial charge in [-0.25, -0.2) is 4.79 Å². The Morgan fingerprint density at radius 1 is 1.35 bits per heavy atom. The summed E-state index contributed by atoms with van der Waals surface area (Å²) in [4.78, 5) is 27.0. The average molecular weight is 300 g/mol. The predicted octanol–water partition coefficient (Wildman–Crippen LogP) is 2.12. The maximum absolute atomic E-state index is 12.5. The molecule has 1 N–H and O–H groups in total. The molecule has 2 rings (SSSR count). The Hall–Kier alpha value is -0.910. The van der Waals surface area contributed by atoms with Crippen LogP contribution in [0.25, 0.3) is 0 Å². The zero-order valence-electron chi connectivity index (χ0n) is 12.1. The number of thioether (sulfide) groups is 1. The lowest BCUT2D eigenvalue weighted by Crippen LogP contribution is -2.52. The summed E-state index contributed by atoms with van der Waals surface area (Å²) >= 11 is 1.74. The summed E-state index contributed by atoms with van der Waals surface area (Å²) in [5.41, 5.74) is 0. The van der Waals surface area contributed by atoms with Crippen molar-refractivity contribution in [2.75, 3.05) is 31.6 Å². The first-order valence-corrected chi connectivity index (χ1v) is 8.54. The lowest BCUT2D eigenvalue weighted by atomic mass is 10.1. The van der Waals surface area contributed by atoms with Crippen molar-refractivity contribution in [2.45, 2.75) is 38.1 Å². The number of nitrogens with zero attached hydrogens (tertiary/aromatic N) is 2. The van der Waals surface area contributed by atoms with Crippen LogP contribution >= 0.6 is 11.8 Å². The molecule has 114 valence electrons. The van der Waals surface area contributed by atoms with Crippen LogP contribution in [0.1, 0.15) is 32.1 Å². The van der Waals surface area contributed by atoms with Crippen molar-refractivity contribution in [3.05, 3.63) is 0 Å². The molecule has 2 aliphatic rings. The Morgan fingerprint density at radius 2 is 2.05 bits per heavy atom. The number of urea groups is 1. The van der Waals surface area contributed by atoms with Gasteiger partial charge in [-0.05, 0) is 18.8 Å². The lowest BCUT2D eigenvalue weighted by Gasteiger charge is -2.37. The Labute approximate surface area is 124 Å². The van der Waals surface area contributed by atoms with Crippen molar-refractivity contribution in [1.29, 1.82) is 0 Å². The molecular weight excluding hydrogens is 276 g/mol. The third kappa shape index (κ3) is 4.04. The number of carboxylic acid groups (broad SMARTS) is 1. The highest BCUT2D eigenvalue weighted by atomic mass is 32.2. The Bertz CT molecular complexity index is 358. The van der Waals surface area contributed by atoms with Crippen LogP contribution in [0.2, 0.25) is 0 Å². The summed E-state index contributed by atoms with van der Waals surface area (Å²) < 4.78 is 0. The second-order valence-corrected chi connectivity index (χ2v) is 6.98. The quantitative estimate of drug-likeness (QED) is 0.864. The molecule has 1 aliphatic carbocycles. The zero-order chi connectivity index (χ0) is 14.5. The van der Waals surface area contributed by atoms with Crippen molar-refractivity contribution in [2.24, 2.45) is 5.92 Å². The average Bonchev–Trinajstić information content (AvgIpc) is 2.90. The van der Waals surface area contributed by atoms with Crippen LogP contribution < -0.4 is 0 Å². The maximum Gasteiger partial charge on any atom is 0.320 e. The smallest absolute Gasteiger partial charge is 0.320 e. The number of carbonyl (C=O) groups is 2. The van der Waals surface area contributed by atoms with E-state index in [0.717, 1.165) is 18.1 Å². The molecule has 0 bridgehead atoms. The summed E-state index contributed by atoms with van der Waals surface area (Å²) in [5, 5.41) is 8.97. The summed E-state index contributed by atoms with van der Waals surface area (Å²) in [5.74, 6) is 1.43. The van der Waals surface area contributed by atoms with Gasteiger partial charge in [0.15, 0.2) is 0 Å². The van der Waals surface area contributed by atoms with Crippen LogP contribution in [-0.4, -0.2) is 64.6 Å². The standard InChI is InChI=1S/C14H24N2O3S/c1-15(9-11-4-2-3-5-11)14(19)16-6-7-20-10-12(16)8-13(17)18/h11-12H,2-10H2,1H3,(H,17,18). The Morgan fingerprint density at radius 3 is 2.70 bits per heavy atom. The highest BCUT2D eigenvalue weighted by molar-refractivity contribution is 7.99. The van der Waals surface area contributed by atoms with Crippen molar-refractivity contribution < 1.29 is 14.7 Å². The molecular formula is C14H24N2O3S. The van der Waals surface area contributed by atoms with E-state index in [1.54, 1.807) is 21.6 Å². The molecule has 6 heteroatoms. The monoisotopic (exact) mass is 300 g/mol. The topological polar surface area (TPSA) is 60.9 Å². The van der Waals surface area contributed by atoms with Gasteiger partial charge in [-0.3, -0.25) is 4.79 Å². The number of aliphatic carboxylic acids is 1. The minimum Gasteiger partial charge on any atom is -0.481 e. The van der Waals surface area contributed by atoms with Gasteiger partial charge in [-0.15, -0.1) is 0 Å². The van der Waals surface area contributed by atoms with Crippen LogP contribution in [0.15, 0.2) is 0 Å².